The maximum atomic E-state index is 14.0. The Morgan fingerprint density at radius 3 is 2.26 bits per heavy atom. The number of aliphatic hydroxyl groups is 1. The normalized spacial score (nSPS) is 25.6. The first kappa shape index (κ1) is 36.5. The second-order valence-corrected chi connectivity index (χ2v) is 16.3. The highest BCUT2D eigenvalue weighted by molar-refractivity contribution is 6.14. The number of aromatic nitrogens is 2. The minimum Gasteiger partial charge on any atom is -0.458 e. The summed E-state index contributed by atoms with van der Waals surface area (Å²) in [5.74, 6) is -2.98. The lowest BCUT2D eigenvalue weighted by Crippen LogP contribution is -2.77. The van der Waals surface area contributed by atoms with Crippen molar-refractivity contribution >= 4 is 46.4 Å². The number of cyclic esters (lactones) is 1. The summed E-state index contributed by atoms with van der Waals surface area (Å²) in [5.41, 5.74) is 0.695. The zero-order valence-corrected chi connectivity index (χ0v) is 31.6. The van der Waals surface area contributed by atoms with Crippen LogP contribution in [0.15, 0.2) is 35.1 Å². The van der Waals surface area contributed by atoms with E-state index in [1.54, 1.807) is 38.3 Å². The molecule has 296 valence electrons. The molecule has 4 aliphatic heterocycles. The molecule has 0 unspecified atom stereocenters. The Balaban J connectivity index is 0.953. The van der Waals surface area contributed by atoms with Crippen LogP contribution in [0, 0.1) is 5.92 Å². The average Bonchev–Trinajstić information content (AvgIpc) is 3.85. The van der Waals surface area contributed by atoms with Crippen LogP contribution in [0.1, 0.15) is 75.6 Å². The summed E-state index contributed by atoms with van der Waals surface area (Å²) in [5, 5.41) is 20.7. The molecule has 1 aromatic carbocycles. The van der Waals surface area contributed by atoms with Crippen LogP contribution in [-0.4, -0.2) is 86.0 Å². The molecule has 3 aliphatic carbocycles. The number of carbonyl (C=O) groups is 6. The molecule has 0 spiro atoms. The maximum absolute atomic E-state index is 14.0. The van der Waals surface area contributed by atoms with Crippen molar-refractivity contribution < 1.29 is 48.1 Å². The van der Waals surface area contributed by atoms with Gasteiger partial charge in [0.15, 0.2) is 17.1 Å². The molecule has 17 nitrogen and oxygen atoms in total. The molecular formula is C40H40N6O11. The molecule has 2 aromatic heterocycles. The lowest BCUT2D eigenvalue weighted by Gasteiger charge is -2.71. The van der Waals surface area contributed by atoms with Crippen LogP contribution in [0.2, 0.25) is 0 Å². The third-order valence-corrected chi connectivity index (χ3v) is 12.4. The molecule has 0 saturated heterocycles. The zero-order valence-electron chi connectivity index (χ0n) is 31.6. The number of ether oxygens (including phenoxy) is 3. The van der Waals surface area contributed by atoms with E-state index in [4.69, 9.17) is 19.2 Å². The molecule has 17 heteroatoms. The fourth-order valence-electron chi connectivity index (χ4n) is 9.48. The van der Waals surface area contributed by atoms with Crippen molar-refractivity contribution in [3.63, 3.8) is 0 Å². The Morgan fingerprint density at radius 1 is 0.912 bits per heavy atom. The molecule has 10 rings (SSSR count). The van der Waals surface area contributed by atoms with Crippen molar-refractivity contribution in [2.45, 2.75) is 95.2 Å². The number of nitrogens with one attached hydrogen (secondary N) is 3. The summed E-state index contributed by atoms with van der Waals surface area (Å²) in [6.07, 6.45) is 3.91. The molecule has 3 saturated carbocycles. The first-order chi connectivity index (χ1) is 27.1. The highest BCUT2D eigenvalue weighted by Gasteiger charge is 2.70. The minimum atomic E-state index is -1.97. The number of esters is 1. The predicted octanol–water partition coefficient (Wildman–Crippen LogP) is 0.669. The molecule has 5 amide bonds. The topological polar surface area (TPSA) is 225 Å². The molecule has 4 N–H and O–H groups in total. The third kappa shape index (κ3) is 5.38. The van der Waals surface area contributed by atoms with E-state index in [-0.39, 0.29) is 54.4 Å². The molecule has 7 aliphatic rings. The lowest BCUT2D eigenvalue weighted by atomic mass is 9.37. The van der Waals surface area contributed by atoms with Crippen LogP contribution in [-0.2, 0) is 57.7 Å². The van der Waals surface area contributed by atoms with Gasteiger partial charge in [-0.2, -0.15) is 0 Å². The molecule has 3 aromatic rings. The van der Waals surface area contributed by atoms with Gasteiger partial charge in [0.25, 0.3) is 17.4 Å². The summed E-state index contributed by atoms with van der Waals surface area (Å²) in [6, 6.07) is 3.41. The van der Waals surface area contributed by atoms with Gasteiger partial charge in [0, 0.05) is 45.7 Å². The number of benzene rings is 1. The highest BCUT2D eigenvalue weighted by Crippen LogP contribution is 2.70. The molecule has 6 heterocycles. The van der Waals surface area contributed by atoms with E-state index in [1.165, 1.54) is 0 Å². The van der Waals surface area contributed by atoms with E-state index < -0.39 is 65.3 Å². The van der Waals surface area contributed by atoms with Gasteiger partial charge in [-0.15, -0.1) is 0 Å². The standard InChI is InChI=1S/C40H40N6O11/c1-5-40(54)23-9-25-33-21(11-45(25)36(52)22(23)13-55-37(40)53)31(20-8-26-27(57-17-56-26)10-24(20)42-33)38-14-39(15-38,16-38)44-34(50)19(4)41-35(51)32(18(2)3)43-28(47)12-46-29(48)6-7-30(46)49/h6-10,18-19,32,54H,5,11-17H2,1-4H3,(H,41,51)(H,43,47)(H,44,50)/t19-,32-,38?,39?,40-/m0/s1. The van der Waals surface area contributed by atoms with Gasteiger partial charge in [-0.3, -0.25) is 33.7 Å². The van der Waals surface area contributed by atoms with E-state index in [0.29, 0.717) is 47.7 Å². The van der Waals surface area contributed by atoms with Gasteiger partial charge in [-0.1, -0.05) is 20.8 Å². The van der Waals surface area contributed by atoms with Crippen molar-refractivity contribution in [2.75, 3.05) is 13.3 Å². The number of nitrogens with zero attached hydrogens (tertiary/aromatic N) is 3. The number of hydrogen-bond donors (Lipinski definition) is 4. The highest BCUT2D eigenvalue weighted by atomic mass is 16.7. The summed E-state index contributed by atoms with van der Waals surface area (Å²) in [6.45, 7) is 6.15. The van der Waals surface area contributed by atoms with Crippen LogP contribution < -0.4 is 31.0 Å². The monoisotopic (exact) mass is 780 g/mol. The van der Waals surface area contributed by atoms with Crippen LogP contribution in [0.3, 0.4) is 0 Å². The number of amides is 5. The predicted molar refractivity (Wildman–Crippen MR) is 197 cm³/mol. The zero-order chi connectivity index (χ0) is 40.3. The van der Waals surface area contributed by atoms with E-state index in [2.05, 4.69) is 16.0 Å². The van der Waals surface area contributed by atoms with Gasteiger partial charge in [0.05, 0.1) is 29.0 Å². The van der Waals surface area contributed by atoms with E-state index in [9.17, 15) is 38.7 Å². The first-order valence-electron chi connectivity index (χ1n) is 19.0. The Morgan fingerprint density at radius 2 is 1.60 bits per heavy atom. The van der Waals surface area contributed by atoms with Crippen LogP contribution in [0.25, 0.3) is 22.3 Å². The second-order valence-electron chi connectivity index (χ2n) is 16.3. The van der Waals surface area contributed by atoms with Gasteiger partial charge >= 0.3 is 5.97 Å². The minimum absolute atomic E-state index is 0.0197. The van der Waals surface area contributed by atoms with Gasteiger partial charge in [0.2, 0.25) is 24.5 Å². The van der Waals surface area contributed by atoms with Crippen molar-refractivity contribution in [1.82, 2.24) is 30.4 Å². The smallest absolute Gasteiger partial charge is 0.343 e. The van der Waals surface area contributed by atoms with Crippen molar-refractivity contribution in [2.24, 2.45) is 5.92 Å². The summed E-state index contributed by atoms with van der Waals surface area (Å²) < 4.78 is 18.3. The fourth-order valence-corrected chi connectivity index (χ4v) is 9.48. The van der Waals surface area contributed by atoms with Gasteiger partial charge < -0.3 is 39.8 Å². The quantitative estimate of drug-likeness (QED) is 0.129. The number of hydrogen-bond acceptors (Lipinski definition) is 12. The maximum Gasteiger partial charge on any atom is 0.343 e. The van der Waals surface area contributed by atoms with Gasteiger partial charge in [-0.25, -0.2) is 9.78 Å². The van der Waals surface area contributed by atoms with Gasteiger partial charge in [0.1, 0.15) is 25.2 Å². The van der Waals surface area contributed by atoms with Crippen LogP contribution in [0.4, 0.5) is 0 Å². The van der Waals surface area contributed by atoms with E-state index in [1.807, 2.05) is 12.1 Å². The van der Waals surface area contributed by atoms with Crippen molar-refractivity contribution in [1.29, 1.82) is 0 Å². The summed E-state index contributed by atoms with van der Waals surface area (Å²) in [7, 11) is 0. The first-order valence-corrected chi connectivity index (χ1v) is 19.0. The Kier molecular flexibility index (Phi) is 7.98. The third-order valence-electron chi connectivity index (χ3n) is 12.4. The molecular weight excluding hydrogens is 740 g/mol. The number of rotatable bonds is 10. The van der Waals surface area contributed by atoms with Crippen molar-refractivity contribution in [3.05, 3.63) is 63.0 Å². The van der Waals surface area contributed by atoms with Gasteiger partial charge in [-0.05, 0) is 56.2 Å². The number of imide groups is 1. The Labute approximate surface area is 324 Å². The largest absolute Gasteiger partial charge is 0.458 e. The molecule has 3 atom stereocenters. The van der Waals surface area contributed by atoms with E-state index >= 15 is 0 Å². The average molecular weight is 781 g/mol. The molecule has 0 radical (unpaired) electrons. The van der Waals surface area contributed by atoms with Crippen LogP contribution in [0.5, 0.6) is 11.5 Å². The molecule has 57 heavy (non-hydrogen) atoms. The molecule has 3 fully saturated rings. The number of pyridine rings is 2. The summed E-state index contributed by atoms with van der Waals surface area (Å²) >= 11 is 0. The second kappa shape index (κ2) is 12.4. The van der Waals surface area contributed by atoms with Crippen molar-refractivity contribution in [3.8, 4) is 22.9 Å². The SMILES string of the molecule is CC[C@@]1(O)C(=O)OCc2c1cc1n(c2=O)Cc2c-1nc1cc3c(cc1c2C12CC(NC(=O)[C@H](C)NC(=O)[C@@H](NC(=O)CN4C(=O)C=CC4=O)C(C)C)(C1)C2)OCO3. The lowest BCUT2D eigenvalue weighted by molar-refractivity contribution is -0.172. The van der Waals surface area contributed by atoms with Crippen LogP contribution >= 0.6 is 0 Å². The fraction of sp³-hybridized carbons (Fsp3) is 0.450. The number of fused-ring (bicyclic) bond motifs is 6. The van der Waals surface area contributed by atoms with E-state index in [0.717, 1.165) is 33.6 Å². The Hall–Kier alpha value is -6.10. The molecule has 2 bridgehead atoms. The summed E-state index contributed by atoms with van der Waals surface area (Å²) in [4.78, 5) is 96.0. The Bertz CT molecular complexity index is 2450. The number of carbonyl (C=O) groups excluding carboxylic acids is 6.